The van der Waals surface area contributed by atoms with Gasteiger partial charge in [-0.25, -0.2) is 9.37 Å². The minimum atomic E-state index is -0.362. The highest BCUT2D eigenvalue weighted by atomic mass is 32.1. The average molecular weight is 415 g/mol. The molecule has 1 amide bonds. The van der Waals surface area contributed by atoms with Crippen LogP contribution in [0.15, 0.2) is 35.4 Å². The van der Waals surface area contributed by atoms with Gasteiger partial charge < -0.3 is 10.2 Å². The van der Waals surface area contributed by atoms with Gasteiger partial charge in [-0.3, -0.25) is 14.2 Å². The lowest BCUT2D eigenvalue weighted by Gasteiger charge is -2.36. The molecule has 1 aliphatic heterocycles. The fraction of sp³-hybridized carbons (Fsp3) is 0.381. The summed E-state index contributed by atoms with van der Waals surface area (Å²) in [5, 5.41) is 3.85. The number of thiophene rings is 1. The Morgan fingerprint density at radius 1 is 1.28 bits per heavy atom. The zero-order valence-electron chi connectivity index (χ0n) is 16.6. The molecule has 1 aromatic carbocycles. The number of nitrogens with zero attached hydrogens (tertiary/aromatic N) is 3. The van der Waals surface area contributed by atoms with E-state index in [2.05, 4.69) is 24.1 Å². The van der Waals surface area contributed by atoms with Crippen LogP contribution in [-0.4, -0.2) is 45.5 Å². The van der Waals surface area contributed by atoms with E-state index in [1.807, 2.05) is 4.90 Å². The molecule has 2 unspecified atom stereocenters. The Hall–Kier alpha value is -2.58. The molecule has 0 radical (unpaired) electrons. The second-order valence-corrected chi connectivity index (χ2v) is 8.68. The van der Waals surface area contributed by atoms with Crippen molar-refractivity contribution in [3.05, 3.63) is 62.8 Å². The van der Waals surface area contributed by atoms with Gasteiger partial charge in [0, 0.05) is 30.7 Å². The van der Waals surface area contributed by atoms with Crippen LogP contribution in [0.3, 0.4) is 0 Å². The second kappa shape index (κ2) is 7.68. The van der Waals surface area contributed by atoms with Gasteiger partial charge in [0.25, 0.3) is 11.5 Å². The number of hydrogen-bond acceptors (Lipinski definition) is 5. The molecule has 1 N–H and O–H groups in total. The number of hydrogen-bond donors (Lipinski definition) is 1. The molecular weight excluding hydrogens is 391 g/mol. The van der Waals surface area contributed by atoms with Gasteiger partial charge in [0.2, 0.25) is 0 Å². The molecule has 0 saturated carbocycles. The zero-order chi connectivity index (χ0) is 20.7. The van der Waals surface area contributed by atoms with Crippen molar-refractivity contribution in [3.8, 4) is 0 Å². The van der Waals surface area contributed by atoms with E-state index in [1.165, 1.54) is 28.3 Å². The van der Waals surface area contributed by atoms with Crippen LogP contribution in [0.5, 0.6) is 0 Å². The smallest absolute Gasteiger partial charge is 0.264 e. The second-order valence-electron chi connectivity index (χ2n) is 7.68. The molecule has 0 bridgehead atoms. The average Bonchev–Trinajstić information content (AvgIpc) is 3.01. The molecule has 1 aliphatic rings. The highest BCUT2D eigenvalue weighted by molar-refractivity contribution is 7.20. The van der Waals surface area contributed by atoms with Crippen molar-refractivity contribution in [2.24, 2.45) is 0 Å². The fourth-order valence-corrected chi connectivity index (χ4v) is 5.03. The van der Waals surface area contributed by atoms with Gasteiger partial charge in [-0.15, -0.1) is 11.3 Å². The standard InChI is InChI=1S/C21H23FN4O2S/c1-12-8-25(9-13(2)24-12)21(28)18-14(3)17-19(29-18)23-11-26(20(17)27)10-15-6-4-5-7-16(15)22/h4-7,11-13,24H,8-10H2,1-3H3. The molecule has 152 valence electrons. The van der Waals surface area contributed by atoms with Gasteiger partial charge in [-0.1, -0.05) is 18.2 Å². The van der Waals surface area contributed by atoms with Gasteiger partial charge in [0.1, 0.15) is 10.6 Å². The van der Waals surface area contributed by atoms with E-state index in [9.17, 15) is 14.0 Å². The van der Waals surface area contributed by atoms with Crippen LogP contribution in [-0.2, 0) is 6.54 Å². The summed E-state index contributed by atoms with van der Waals surface area (Å²) in [4.78, 5) is 33.5. The molecule has 3 heterocycles. The normalized spacial score (nSPS) is 19.7. The third-order valence-corrected chi connectivity index (χ3v) is 6.44. The first-order valence-corrected chi connectivity index (χ1v) is 10.4. The van der Waals surface area contributed by atoms with E-state index in [0.29, 0.717) is 39.3 Å². The molecule has 3 aromatic rings. The van der Waals surface area contributed by atoms with E-state index < -0.39 is 0 Å². The largest absolute Gasteiger partial charge is 0.335 e. The van der Waals surface area contributed by atoms with Gasteiger partial charge in [0.05, 0.1) is 23.1 Å². The number of aryl methyl sites for hydroxylation is 1. The Labute approximate surface area is 172 Å². The van der Waals surface area contributed by atoms with E-state index in [0.717, 1.165) is 0 Å². The number of benzene rings is 1. The Morgan fingerprint density at radius 3 is 2.66 bits per heavy atom. The number of amides is 1. The molecule has 2 atom stereocenters. The van der Waals surface area contributed by atoms with E-state index in [-0.39, 0.29) is 35.9 Å². The molecule has 0 aliphatic carbocycles. The minimum absolute atomic E-state index is 0.0641. The van der Waals surface area contributed by atoms with Gasteiger partial charge in [-0.2, -0.15) is 0 Å². The number of rotatable bonds is 3. The van der Waals surface area contributed by atoms with Crippen LogP contribution in [0.25, 0.3) is 10.2 Å². The summed E-state index contributed by atoms with van der Waals surface area (Å²) in [7, 11) is 0. The Bertz CT molecular complexity index is 1130. The molecule has 1 fully saturated rings. The molecule has 2 aromatic heterocycles. The third-order valence-electron chi connectivity index (χ3n) is 5.25. The number of halogens is 1. The first-order chi connectivity index (χ1) is 13.8. The molecule has 4 rings (SSSR count). The van der Waals surface area contributed by atoms with Crippen LogP contribution >= 0.6 is 11.3 Å². The van der Waals surface area contributed by atoms with Gasteiger partial charge >= 0.3 is 0 Å². The summed E-state index contributed by atoms with van der Waals surface area (Å²) < 4.78 is 15.4. The Kier molecular flexibility index (Phi) is 5.23. The van der Waals surface area contributed by atoms with Crippen molar-refractivity contribution in [3.63, 3.8) is 0 Å². The summed E-state index contributed by atoms with van der Waals surface area (Å²) in [5.41, 5.74) is 0.811. The molecule has 29 heavy (non-hydrogen) atoms. The SMILES string of the molecule is Cc1c(C(=O)N2CC(C)NC(C)C2)sc2ncn(Cc3ccccc3F)c(=O)c12. The summed E-state index contributed by atoms with van der Waals surface area (Å²) in [6, 6.07) is 6.80. The highest BCUT2D eigenvalue weighted by Crippen LogP contribution is 2.28. The third kappa shape index (κ3) is 3.70. The number of nitrogens with one attached hydrogen (secondary N) is 1. The maximum Gasteiger partial charge on any atom is 0.264 e. The summed E-state index contributed by atoms with van der Waals surface area (Å²) in [6.45, 7) is 7.24. The topological polar surface area (TPSA) is 67.2 Å². The quantitative estimate of drug-likeness (QED) is 0.716. The number of fused-ring (bicyclic) bond motifs is 1. The number of piperazine rings is 1. The predicted molar refractivity (Wildman–Crippen MR) is 112 cm³/mol. The number of carbonyl (C=O) groups excluding carboxylic acids is 1. The van der Waals surface area contributed by atoms with Crippen molar-refractivity contribution < 1.29 is 9.18 Å². The molecule has 0 spiro atoms. The maximum absolute atomic E-state index is 14.0. The summed E-state index contributed by atoms with van der Waals surface area (Å²) >= 11 is 1.25. The van der Waals surface area contributed by atoms with E-state index in [1.54, 1.807) is 25.1 Å². The number of aromatic nitrogens is 2. The molecule has 1 saturated heterocycles. The summed E-state index contributed by atoms with van der Waals surface area (Å²) in [5.74, 6) is -0.426. The van der Waals surface area contributed by atoms with Crippen LogP contribution in [0.4, 0.5) is 4.39 Å². The predicted octanol–water partition coefficient (Wildman–Crippen LogP) is 2.78. The molecule has 6 nitrogen and oxygen atoms in total. The lowest BCUT2D eigenvalue weighted by Crippen LogP contribution is -2.55. The van der Waals surface area contributed by atoms with Gasteiger partial charge in [0.15, 0.2) is 0 Å². The minimum Gasteiger partial charge on any atom is -0.335 e. The van der Waals surface area contributed by atoms with Crippen LogP contribution in [0.2, 0.25) is 0 Å². The molecular formula is C21H23FN4O2S. The van der Waals surface area contributed by atoms with Crippen molar-refractivity contribution in [1.82, 2.24) is 19.8 Å². The van der Waals surface area contributed by atoms with E-state index >= 15 is 0 Å². The fourth-order valence-electron chi connectivity index (χ4n) is 3.92. The zero-order valence-corrected chi connectivity index (χ0v) is 17.4. The monoisotopic (exact) mass is 414 g/mol. The summed E-state index contributed by atoms with van der Waals surface area (Å²) in [6.07, 6.45) is 1.43. The van der Waals surface area contributed by atoms with Crippen molar-refractivity contribution in [2.45, 2.75) is 39.4 Å². The van der Waals surface area contributed by atoms with E-state index in [4.69, 9.17) is 0 Å². The van der Waals surface area contributed by atoms with Gasteiger partial charge in [-0.05, 0) is 32.4 Å². The Balaban J connectivity index is 1.71. The maximum atomic E-state index is 14.0. The van der Waals surface area contributed by atoms with Crippen LogP contribution < -0.4 is 10.9 Å². The first kappa shape index (κ1) is 19.7. The lowest BCUT2D eigenvalue weighted by atomic mass is 10.1. The van der Waals surface area contributed by atoms with Crippen LogP contribution in [0, 0.1) is 12.7 Å². The van der Waals surface area contributed by atoms with Crippen LogP contribution in [0.1, 0.15) is 34.6 Å². The van der Waals surface area contributed by atoms with Crippen molar-refractivity contribution in [1.29, 1.82) is 0 Å². The number of carbonyl (C=O) groups is 1. The molecule has 8 heteroatoms. The highest BCUT2D eigenvalue weighted by Gasteiger charge is 2.29. The lowest BCUT2D eigenvalue weighted by molar-refractivity contribution is 0.0678. The van der Waals surface area contributed by atoms with Crippen molar-refractivity contribution >= 4 is 27.5 Å². The Morgan fingerprint density at radius 2 is 1.97 bits per heavy atom. The first-order valence-electron chi connectivity index (χ1n) is 9.62. The van der Waals surface area contributed by atoms with Crippen molar-refractivity contribution in [2.75, 3.05) is 13.1 Å².